The molecule has 110 valence electrons. The number of aliphatic hydroxyl groups is 2. The Balaban J connectivity index is 2.04. The highest BCUT2D eigenvalue weighted by atomic mass is 16.7. The molecule has 5 heteroatoms. The molecule has 2 saturated heterocycles. The van der Waals surface area contributed by atoms with Crippen molar-refractivity contribution in [3.05, 3.63) is 23.9 Å². The van der Waals surface area contributed by atoms with E-state index in [1.807, 2.05) is 20.8 Å². The van der Waals surface area contributed by atoms with Crippen molar-refractivity contribution < 1.29 is 24.4 Å². The molecule has 3 heterocycles. The molecule has 0 aromatic carbocycles. The van der Waals surface area contributed by atoms with E-state index >= 15 is 0 Å². The second kappa shape index (κ2) is 3.17. The van der Waals surface area contributed by atoms with Crippen LogP contribution in [0.4, 0.5) is 0 Å². The van der Waals surface area contributed by atoms with Crippen LogP contribution in [0.15, 0.2) is 23.9 Å². The maximum atomic E-state index is 11.5. The van der Waals surface area contributed by atoms with Crippen molar-refractivity contribution in [2.45, 2.75) is 39.1 Å². The summed E-state index contributed by atoms with van der Waals surface area (Å²) < 4.78 is 17.0. The Morgan fingerprint density at radius 2 is 2.10 bits per heavy atom. The summed E-state index contributed by atoms with van der Waals surface area (Å²) in [6, 6.07) is 0. The van der Waals surface area contributed by atoms with Gasteiger partial charge in [-0.2, -0.15) is 0 Å². The lowest BCUT2D eigenvalue weighted by Crippen LogP contribution is -2.61. The van der Waals surface area contributed by atoms with Crippen LogP contribution >= 0.6 is 0 Å². The topological polar surface area (TPSA) is 68.2 Å². The molecule has 0 aromatic heterocycles. The molecule has 3 aliphatic heterocycles. The summed E-state index contributed by atoms with van der Waals surface area (Å²) in [6.07, 6.45) is 3.16. The zero-order valence-corrected chi connectivity index (χ0v) is 12.0. The van der Waals surface area contributed by atoms with Crippen LogP contribution in [0.3, 0.4) is 0 Å². The SMILES string of the molecule is CC(C)(C)C1(O)C=C2OCC[C@@]23COC2OC=C(O)C213. The lowest BCUT2D eigenvalue weighted by Gasteiger charge is -2.50. The van der Waals surface area contributed by atoms with E-state index in [1.165, 1.54) is 6.26 Å². The van der Waals surface area contributed by atoms with E-state index in [0.717, 1.165) is 12.2 Å². The molecule has 0 bridgehead atoms. The van der Waals surface area contributed by atoms with Crippen molar-refractivity contribution in [1.29, 1.82) is 0 Å². The first-order valence-electron chi connectivity index (χ1n) is 7.05. The van der Waals surface area contributed by atoms with Crippen LogP contribution in [0.1, 0.15) is 27.2 Å². The van der Waals surface area contributed by atoms with E-state index in [0.29, 0.717) is 13.2 Å². The summed E-state index contributed by atoms with van der Waals surface area (Å²) in [6.45, 7) is 6.84. The van der Waals surface area contributed by atoms with Gasteiger partial charge in [0.25, 0.3) is 0 Å². The minimum atomic E-state index is -1.28. The Hall–Kier alpha value is -1.20. The predicted molar refractivity (Wildman–Crippen MR) is 69.5 cm³/mol. The summed E-state index contributed by atoms with van der Waals surface area (Å²) in [4.78, 5) is 0. The summed E-state index contributed by atoms with van der Waals surface area (Å²) in [5.74, 6) is 0.803. The van der Waals surface area contributed by atoms with Crippen LogP contribution in [-0.4, -0.2) is 35.3 Å². The first kappa shape index (κ1) is 12.5. The zero-order valence-electron chi connectivity index (χ0n) is 12.0. The lowest BCUT2D eigenvalue weighted by atomic mass is 9.53. The summed E-state index contributed by atoms with van der Waals surface area (Å²) in [5.41, 5.74) is -3.29. The molecular formula is C15H20O5. The predicted octanol–water partition coefficient (Wildman–Crippen LogP) is 1.84. The molecule has 3 unspecified atom stereocenters. The minimum Gasteiger partial charge on any atom is -0.508 e. The third-order valence-electron chi connectivity index (χ3n) is 5.64. The van der Waals surface area contributed by atoms with Gasteiger partial charge < -0.3 is 24.4 Å². The highest BCUT2D eigenvalue weighted by molar-refractivity contribution is 5.46. The maximum absolute atomic E-state index is 11.5. The standard InChI is InChI=1S/C15H20O5/c1-12(2,3)14(17)6-10-13(4-5-18-10)8-20-11-15(13,14)9(16)7-19-11/h6-7,11,16-17H,4-5,8H2,1-3H3/t11?,13-,14?,15?/m1/s1. The van der Waals surface area contributed by atoms with Crippen molar-refractivity contribution in [2.75, 3.05) is 13.2 Å². The van der Waals surface area contributed by atoms with Gasteiger partial charge in [0.2, 0.25) is 6.29 Å². The van der Waals surface area contributed by atoms with Gasteiger partial charge in [0, 0.05) is 0 Å². The largest absolute Gasteiger partial charge is 0.508 e. The van der Waals surface area contributed by atoms with Gasteiger partial charge >= 0.3 is 0 Å². The van der Waals surface area contributed by atoms with Crippen LogP contribution < -0.4 is 0 Å². The van der Waals surface area contributed by atoms with Crippen LogP contribution in [0.2, 0.25) is 0 Å². The molecule has 0 radical (unpaired) electrons. The third-order valence-corrected chi connectivity index (χ3v) is 5.64. The fraction of sp³-hybridized carbons (Fsp3) is 0.733. The fourth-order valence-electron chi connectivity index (χ4n) is 4.57. The average molecular weight is 280 g/mol. The Kier molecular flexibility index (Phi) is 1.99. The number of ether oxygens (including phenoxy) is 3. The van der Waals surface area contributed by atoms with E-state index in [9.17, 15) is 10.2 Å². The van der Waals surface area contributed by atoms with E-state index in [4.69, 9.17) is 14.2 Å². The van der Waals surface area contributed by atoms with Crippen molar-refractivity contribution in [2.24, 2.45) is 16.2 Å². The second-order valence-electron chi connectivity index (χ2n) is 7.30. The smallest absolute Gasteiger partial charge is 0.216 e. The molecule has 4 atom stereocenters. The fourth-order valence-corrected chi connectivity index (χ4v) is 4.57. The zero-order chi connectivity index (χ0) is 14.4. The Morgan fingerprint density at radius 3 is 2.80 bits per heavy atom. The molecule has 0 aromatic rings. The molecule has 0 saturated carbocycles. The van der Waals surface area contributed by atoms with Gasteiger partial charge in [-0.25, -0.2) is 0 Å². The highest BCUT2D eigenvalue weighted by Crippen LogP contribution is 2.74. The molecule has 1 aliphatic carbocycles. The minimum absolute atomic E-state index is 0.0641. The maximum Gasteiger partial charge on any atom is 0.216 e. The molecule has 2 spiro atoms. The van der Waals surface area contributed by atoms with Gasteiger partial charge in [-0.3, -0.25) is 0 Å². The molecule has 2 fully saturated rings. The molecule has 4 rings (SSSR count). The van der Waals surface area contributed by atoms with Gasteiger partial charge in [0.05, 0.1) is 18.6 Å². The van der Waals surface area contributed by atoms with Crippen molar-refractivity contribution in [3.8, 4) is 0 Å². The van der Waals surface area contributed by atoms with Crippen molar-refractivity contribution in [3.63, 3.8) is 0 Å². The average Bonchev–Trinajstić information content (AvgIpc) is 3.00. The summed E-state index contributed by atoms with van der Waals surface area (Å²) in [7, 11) is 0. The monoisotopic (exact) mass is 280 g/mol. The Labute approximate surface area is 117 Å². The Morgan fingerprint density at radius 1 is 1.35 bits per heavy atom. The van der Waals surface area contributed by atoms with Gasteiger partial charge in [0.1, 0.15) is 28.8 Å². The Bertz CT molecular complexity index is 545. The van der Waals surface area contributed by atoms with E-state index in [-0.39, 0.29) is 5.76 Å². The van der Waals surface area contributed by atoms with Crippen LogP contribution in [-0.2, 0) is 14.2 Å². The molecule has 4 aliphatic rings. The first-order valence-corrected chi connectivity index (χ1v) is 7.05. The van der Waals surface area contributed by atoms with E-state index in [2.05, 4.69) is 0 Å². The second-order valence-corrected chi connectivity index (χ2v) is 7.30. The van der Waals surface area contributed by atoms with Crippen molar-refractivity contribution >= 4 is 0 Å². The van der Waals surface area contributed by atoms with Crippen LogP contribution in [0.5, 0.6) is 0 Å². The first-order chi connectivity index (χ1) is 9.30. The number of aliphatic hydroxyl groups excluding tert-OH is 1. The molecule has 5 nitrogen and oxygen atoms in total. The molecule has 0 amide bonds. The van der Waals surface area contributed by atoms with Crippen LogP contribution in [0.25, 0.3) is 0 Å². The number of hydrogen-bond donors (Lipinski definition) is 2. The highest BCUT2D eigenvalue weighted by Gasteiger charge is 2.83. The van der Waals surface area contributed by atoms with Gasteiger partial charge in [-0.1, -0.05) is 20.8 Å². The third kappa shape index (κ3) is 0.940. The van der Waals surface area contributed by atoms with Crippen molar-refractivity contribution in [1.82, 2.24) is 0 Å². The van der Waals surface area contributed by atoms with E-state index < -0.39 is 28.1 Å². The normalized spacial score (nSPS) is 48.9. The molecule has 20 heavy (non-hydrogen) atoms. The summed E-state index contributed by atoms with van der Waals surface area (Å²) in [5, 5.41) is 22.1. The molecular weight excluding hydrogens is 260 g/mol. The summed E-state index contributed by atoms with van der Waals surface area (Å²) >= 11 is 0. The van der Waals surface area contributed by atoms with E-state index in [1.54, 1.807) is 6.08 Å². The number of hydrogen-bond acceptors (Lipinski definition) is 5. The van der Waals surface area contributed by atoms with Gasteiger partial charge in [0.15, 0.2) is 0 Å². The van der Waals surface area contributed by atoms with Gasteiger partial charge in [-0.15, -0.1) is 0 Å². The number of rotatable bonds is 0. The van der Waals surface area contributed by atoms with Gasteiger partial charge in [-0.05, 0) is 17.9 Å². The molecule has 2 N–H and O–H groups in total. The quantitative estimate of drug-likeness (QED) is 0.708. The lowest BCUT2D eigenvalue weighted by molar-refractivity contribution is -0.193. The van der Waals surface area contributed by atoms with Crippen LogP contribution in [0, 0.1) is 16.2 Å².